The average Bonchev–Trinajstić information content (AvgIpc) is 2.48. The molecule has 3 rings (SSSR count). The summed E-state index contributed by atoms with van der Waals surface area (Å²) in [6.07, 6.45) is 0. The van der Waals surface area contributed by atoms with Crippen molar-refractivity contribution in [2.24, 2.45) is 0 Å². The van der Waals surface area contributed by atoms with Gasteiger partial charge < -0.3 is 9.42 Å². The van der Waals surface area contributed by atoms with Gasteiger partial charge in [0.2, 0.25) is 0 Å². The van der Waals surface area contributed by atoms with Crippen LogP contribution in [0.4, 0.5) is 0 Å². The first-order valence-corrected chi connectivity index (χ1v) is 7.80. The molecule has 4 heteroatoms. The quantitative estimate of drug-likeness (QED) is 0.745. The van der Waals surface area contributed by atoms with Crippen molar-refractivity contribution in [2.75, 3.05) is 0 Å². The van der Waals surface area contributed by atoms with Crippen molar-refractivity contribution in [3.63, 3.8) is 0 Å². The summed E-state index contributed by atoms with van der Waals surface area (Å²) in [7, 11) is -3.84. The molecule has 0 aliphatic carbocycles. The molecule has 0 aromatic heterocycles. The Balaban J connectivity index is 1.95. The summed E-state index contributed by atoms with van der Waals surface area (Å²) in [6.45, 7) is 0. The lowest BCUT2D eigenvalue weighted by atomic mass is 10.1. The summed E-state index contributed by atoms with van der Waals surface area (Å²) in [5.41, 5.74) is 0. The molecule has 1 atom stereocenters. The third-order valence-corrected chi connectivity index (χ3v) is 4.44. The average molecular weight is 284 g/mol. The van der Waals surface area contributed by atoms with E-state index >= 15 is 0 Å². The first-order chi connectivity index (χ1) is 9.65. The van der Waals surface area contributed by atoms with E-state index in [0.29, 0.717) is 5.75 Å². The minimum absolute atomic E-state index is 0.285. The molecule has 1 unspecified atom stereocenters. The predicted molar refractivity (Wildman–Crippen MR) is 80.5 cm³/mol. The largest absolute Gasteiger partial charge is 0.421 e. The second kappa shape index (κ2) is 5.12. The molecule has 3 aromatic rings. The van der Waals surface area contributed by atoms with Crippen molar-refractivity contribution in [1.29, 1.82) is 0 Å². The molecule has 0 saturated carbocycles. The van der Waals surface area contributed by atoms with E-state index in [0.717, 1.165) is 10.8 Å². The maximum Gasteiger partial charge on any atom is 0.408 e. The first-order valence-electron chi connectivity index (χ1n) is 6.22. The van der Waals surface area contributed by atoms with Crippen LogP contribution in [-0.2, 0) is 4.57 Å². The molecule has 0 saturated heterocycles. The smallest absolute Gasteiger partial charge is 0.408 e. The van der Waals surface area contributed by atoms with E-state index in [1.165, 1.54) is 0 Å². The Kier molecular flexibility index (Phi) is 3.31. The molecule has 3 nitrogen and oxygen atoms in total. The molecule has 0 aliphatic rings. The van der Waals surface area contributed by atoms with E-state index in [2.05, 4.69) is 0 Å². The van der Waals surface area contributed by atoms with Gasteiger partial charge in [-0.3, -0.25) is 0 Å². The van der Waals surface area contributed by atoms with Crippen LogP contribution in [0.25, 0.3) is 10.8 Å². The minimum Gasteiger partial charge on any atom is -0.421 e. The SMILES string of the molecule is O=P(O)(Oc1ccc2ccccc2c1)c1ccccc1. The lowest BCUT2D eigenvalue weighted by molar-refractivity contribution is 0.393. The number of rotatable bonds is 3. The molecule has 100 valence electrons. The van der Waals surface area contributed by atoms with E-state index in [4.69, 9.17) is 4.52 Å². The molecule has 0 fully saturated rings. The van der Waals surface area contributed by atoms with Gasteiger partial charge in [0.05, 0.1) is 5.30 Å². The molecular formula is C16H13O3P. The first kappa shape index (κ1) is 12.9. The standard InChI is InChI=1S/C16H13O3P/c17-20(18,16-8-2-1-3-9-16)19-15-11-10-13-6-4-5-7-14(13)12-15/h1-12H,(H,17,18). The normalized spacial score (nSPS) is 13.8. The summed E-state index contributed by atoms with van der Waals surface area (Å²) in [4.78, 5) is 10.0. The monoisotopic (exact) mass is 284 g/mol. The molecule has 1 N–H and O–H groups in total. The van der Waals surface area contributed by atoms with Gasteiger partial charge in [-0.2, -0.15) is 0 Å². The number of benzene rings is 3. The van der Waals surface area contributed by atoms with E-state index in [-0.39, 0.29) is 5.30 Å². The molecule has 0 amide bonds. The predicted octanol–water partition coefficient (Wildman–Crippen LogP) is 3.73. The highest BCUT2D eigenvalue weighted by molar-refractivity contribution is 7.61. The van der Waals surface area contributed by atoms with Crippen LogP contribution >= 0.6 is 7.60 Å². The lowest BCUT2D eigenvalue weighted by Crippen LogP contribution is -2.08. The third kappa shape index (κ3) is 2.60. The molecule has 0 bridgehead atoms. The minimum atomic E-state index is -3.84. The lowest BCUT2D eigenvalue weighted by Gasteiger charge is -2.13. The van der Waals surface area contributed by atoms with E-state index < -0.39 is 7.60 Å². The zero-order valence-electron chi connectivity index (χ0n) is 10.6. The van der Waals surface area contributed by atoms with Crippen LogP contribution in [0.1, 0.15) is 0 Å². The van der Waals surface area contributed by atoms with Crippen molar-refractivity contribution in [3.8, 4) is 5.75 Å². The van der Waals surface area contributed by atoms with Crippen LogP contribution in [0.3, 0.4) is 0 Å². The van der Waals surface area contributed by atoms with Crippen molar-refractivity contribution in [2.45, 2.75) is 0 Å². The zero-order valence-corrected chi connectivity index (χ0v) is 11.5. The van der Waals surface area contributed by atoms with Crippen LogP contribution in [0.15, 0.2) is 72.8 Å². The van der Waals surface area contributed by atoms with E-state index in [1.54, 1.807) is 42.5 Å². The topological polar surface area (TPSA) is 46.5 Å². The van der Waals surface area contributed by atoms with Gasteiger partial charge in [0.1, 0.15) is 5.75 Å². The van der Waals surface area contributed by atoms with Gasteiger partial charge in [0.15, 0.2) is 0 Å². The molecular weight excluding hydrogens is 271 g/mol. The Morgan fingerprint density at radius 1 is 0.800 bits per heavy atom. The van der Waals surface area contributed by atoms with E-state index in [1.807, 2.05) is 30.3 Å². The number of hydrogen-bond donors (Lipinski definition) is 1. The highest BCUT2D eigenvalue weighted by atomic mass is 31.2. The summed E-state index contributed by atoms with van der Waals surface area (Å²) in [5, 5.41) is 2.32. The molecule has 3 aromatic carbocycles. The van der Waals surface area contributed by atoms with Gasteiger partial charge in [-0.05, 0) is 35.0 Å². The second-order valence-corrected chi connectivity index (χ2v) is 6.20. The Morgan fingerprint density at radius 2 is 1.45 bits per heavy atom. The van der Waals surface area contributed by atoms with Gasteiger partial charge in [-0.15, -0.1) is 0 Å². The van der Waals surface area contributed by atoms with Crippen molar-refractivity contribution in [3.05, 3.63) is 72.8 Å². The fourth-order valence-corrected chi connectivity index (χ4v) is 3.09. The fraction of sp³-hybridized carbons (Fsp3) is 0. The Bertz CT molecular complexity index is 784. The Hall–Kier alpha value is -2.09. The molecule has 0 spiro atoms. The molecule has 20 heavy (non-hydrogen) atoms. The van der Waals surface area contributed by atoms with Gasteiger partial charge in [-0.1, -0.05) is 48.5 Å². The number of hydrogen-bond acceptors (Lipinski definition) is 2. The van der Waals surface area contributed by atoms with E-state index in [9.17, 15) is 9.46 Å². The van der Waals surface area contributed by atoms with Crippen molar-refractivity contribution in [1.82, 2.24) is 0 Å². The van der Waals surface area contributed by atoms with Crippen molar-refractivity contribution >= 4 is 23.7 Å². The highest BCUT2D eigenvalue weighted by Crippen LogP contribution is 2.41. The maximum atomic E-state index is 12.3. The maximum absolute atomic E-state index is 12.3. The highest BCUT2D eigenvalue weighted by Gasteiger charge is 2.23. The molecule has 0 heterocycles. The fourth-order valence-electron chi connectivity index (χ4n) is 2.04. The summed E-state index contributed by atoms with van der Waals surface area (Å²) in [6, 6.07) is 21.5. The second-order valence-electron chi connectivity index (χ2n) is 4.46. The Labute approximate surface area is 117 Å². The van der Waals surface area contributed by atoms with Crippen LogP contribution in [0, 0.1) is 0 Å². The summed E-state index contributed by atoms with van der Waals surface area (Å²) >= 11 is 0. The molecule has 0 aliphatic heterocycles. The van der Waals surface area contributed by atoms with Crippen LogP contribution in [0.5, 0.6) is 5.75 Å². The summed E-state index contributed by atoms with van der Waals surface area (Å²) < 4.78 is 17.6. The van der Waals surface area contributed by atoms with Crippen LogP contribution in [0.2, 0.25) is 0 Å². The van der Waals surface area contributed by atoms with Gasteiger partial charge in [0.25, 0.3) is 0 Å². The van der Waals surface area contributed by atoms with Crippen LogP contribution < -0.4 is 9.83 Å². The number of fused-ring (bicyclic) bond motifs is 1. The van der Waals surface area contributed by atoms with Crippen molar-refractivity contribution < 1.29 is 14.0 Å². The Morgan fingerprint density at radius 3 is 2.20 bits per heavy atom. The van der Waals surface area contributed by atoms with Gasteiger partial charge in [-0.25, -0.2) is 4.57 Å². The molecule has 0 radical (unpaired) electrons. The third-order valence-electron chi connectivity index (χ3n) is 3.03. The summed E-state index contributed by atoms with van der Waals surface area (Å²) in [5.74, 6) is 0.387. The van der Waals surface area contributed by atoms with Gasteiger partial charge in [0, 0.05) is 0 Å². The van der Waals surface area contributed by atoms with Gasteiger partial charge >= 0.3 is 7.60 Å². The zero-order chi connectivity index (χ0) is 14.0. The van der Waals surface area contributed by atoms with Crippen LogP contribution in [-0.4, -0.2) is 4.89 Å².